The summed E-state index contributed by atoms with van der Waals surface area (Å²) >= 11 is 1.95. The SMILES string of the molecule is Cc1cccc(CSCCCNC(=O)N2[C@@H]3CC[C@H]2[C@H]2CNC[C@H]23)c1. The summed E-state index contributed by atoms with van der Waals surface area (Å²) in [5.74, 6) is 3.56. The van der Waals surface area contributed by atoms with Crippen molar-refractivity contribution in [2.45, 2.75) is 44.0 Å². The van der Waals surface area contributed by atoms with Crippen LogP contribution in [-0.4, -0.2) is 48.4 Å². The molecule has 0 aliphatic carbocycles. The number of hydrogen-bond donors (Lipinski definition) is 2. The van der Waals surface area contributed by atoms with Crippen molar-refractivity contribution in [2.75, 3.05) is 25.4 Å². The minimum Gasteiger partial charge on any atom is -0.338 e. The first-order chi connectivity index (χ1) is 12.2. The van der Waals surface area contributed by atoms with Gasteiger partial charge in [0.05, 0.1) is 0 Å². The van der Waals surface area contributed by atoms with Crippen molar-refractivity contribution in [3.05, 3.63) is 35.4 Å². The smallest absolute Gasteiger partial charge is 0.317 e. The number of carbonyl (C=O) groups excluding carboxylic acids is 1. The molecule has 25 heavy (non-hydrogen) atoms. The Balaban J connectivity index is 1.15. The molecule has 4 rings (SSSR count). The van der Waals surface area contributed by atoms with Crippen LogP contribution in [0, 0.1) is 18.8 Å². The first-order valence-electron chi connectivity index (χ1n) is 9.64. The molecule has 4 nitrogen and oxygen atoms in total. The molecule has 0 radical (unpaired) electrons. The number of nitrogens with one attached hydrogen (secondary N) is 2. The Morgan fingerprint density at radius 2 is 2.04 bits per heavy atom. The molecule has 3 heterocycles. The predicted molar refractivity (Wildman–Crippen MR) is 104 cm³/mol. The van der Waals surface area contributed by atoms with Crippen LogP contribution in [0.3, 0.4) is 0 Å². The van der Waals surface area contributed by atoms with Crippen LogP contribution >= 0.6 is 11.8 Å². The zero-order valence-electron chi connectivity index (χ0n) is 15.0. The first kappa shape index (κ1) is 17.2. The molecule has 3 saturated heterocycles. The Morgan fingerprint density at radius 3 is 2.76 bits per heavy atom. The van der Waals surface area contributed by atoms with Crippen molar-refractivity contribution in [1.29, 1.82) is 0 Å². The van der Waals surface area contributed by atoms with E-state index in [1.807, 2.05) is 11.8 Å². The second-order valence-corrected chi connectivity index (χ2v) is 8.84. The molecule has 3 aliphatic heterocycles. The van der Waals surface area contributed by atoms with Gasteiger partial charge in [-0.2, -0.15) is 11.8 Å². The van der Waals surface area contributed by atoms with E-state index in [-0.39, 0.29) is 6.03 Å². The summed E-state index contributed by atoms with van der Waals surface area (Å²) in [6.45, 7) is 5.14. The van der Waals surface area contributed by atoms with Gasteiger partial charge in [0.2, 0.25) is 0 Å². The number of thioether (sulfide) groups is 1. The van der Waals surface area contributed by atoms with Crippen LogP contribution in [0.1, 0.15) is 30.4 Å². The number of aryl methyl sites for hydroxylation is 1. The van der Waals surface area contributed by atoms with Crippen molar-refractivity contribution in [1.82, 2.24) is 15.5 Å². The maximum absolute atomic E-state index is 12.6. The third kappa shape index (κ3) is 3.54. The lowest BCUT2D eigenvalue weighted by molar-refractivity contribution is 0.185. The third-order valence-electron chi connectivity index (χ3n) is 6.10. The summed E-state index contributed by atoms with van der Waals surface area (Å²) in [5, 5.41) is 6.68. The van der Waals surface area contributed by atoms with Gasteiger partial charge in [0.25, 0.3) is 0 Å². The number of carbonyl (C=O) groups is 1. The maximum Gasteiger partial charge on any atom is 0.317 e. The van der Waals surface area contributed by atoms with Gasteiger partial charge in [-0.05, 0) is 49.3 Å². The second-order valence-electron chi connectivity index (χ2n) is 7.73. The van der Waals surface area contributed by atoms with E-state index in [0.29, 0.717) is 23.9 Å². The van der Waals surface area contributed by atoms with Gasteiger partial charge in [0, 0.05) is 37.5 Å². The van der Waals surface area contributed by atoms with Crippen LogP contribution in [0.25, 0.3) is 0 Å². The molecule has 1 aromatic carbocycles. The summed E-state index contributed by atoms with van der Waals surface area (Å²) in [6, 6.07) is 9.87. The molecule has 0 saturated carbocycles. The summed E-state index contributed by atoms with van der Waals surface area (Å²) in [7, 11) is 0. The number of hydrogen-bond acceptors (Lipinski definition) is 3. The Morgan fingerprint density at radius 1 is 1.28 bits per heavy atom. The van der Waals surface area contributed by atoms with Crippen molar-refractivity contribution < 1.29 is 4.79 Å². The van der Waals surface area contributed by atoms with E-state index in [2.05, 4.69) is 46.7 Å². The van der Waals surface area contributed by atoms with E-state index in [1.165, 1.54) is 24.0 Å². The Hall–Kier alpha value is -1.20. The van der Waals surface area contributed by atoms with Gasteiger partial charge in [-0.3, -0.25) is 0 Å². The van der Waals surface area contributed by atoms with Crippen LogP contribution in [0.5, 0.6) is 0 Å². The minimum absolute atomic E-state index is 0.186. The molecular formula is C20H29N3OS. The lowest BCUT2D eigenvalue weighted by atomic mass is 9.82. The summed E-state index contributed by atoms with van der Waals surface area (Å²) < 4.78 is 0. The normalized spacial score (nSPS) is 29.9. The highest BCUT2D eigenvalue weighted by Crippen LogP contribution is 2.47. The molecule has 136 valence electrons. The summed E-state index contributed by atoms with van der Waals surface area (Å²) in [4.78, 5) is 14.8. The molecular weight excluding hydrogens is 330 g/mol. The molecule has 5 heteroatoms. The number of rotatable bonds is 6. The summed E-state index contributed by atoms with van der Waals surface area (Å²) in [5.41, 5.74) is 2.72. The fourth-order valence-corrected chi connectivity index (χ4v) is 5.93. The standard InChI is InChI=1S/C20H29N3OS/c1-14-4-2-5-15(10-14)13-25-9-3-8-22-20(24)23-18-6-7-19(23)17-12-21-11-16(17)18/h2,4-5,10,16-19,21H,3,6-9,11-13H2,1H3,(H,22,24)/t16-,17+,18-,19+. The Labute approximate surface area is 155 Å². The van der Waals surface area contributed by atoms with E-state index in [0.717, 1.165) is 37.6 Å². The lowest BCUT2D eigenvalue weighted by Crippen LogP contribution is -2.45. The molecule has 3 fully saturated rings. The number of benzene rings is 1. The van der Waals surface area contributed by atoms with Crippen LogP contribution in [0.15, 0.2) is 24.3 Å². The molecule has 2 amide bonds. The topological polar surface area (TPSA) is 44.4 Å². The second kappa shape index (κ2) is 7.58. The third-order valence-corrected chi connectivity index (χ3v) is 7.21. The number of fused-ring (bicyclic) bond motifs is 5. The minimum atomic E-state index is 0.186. The highest BCUT2D eigenvalue weighted by atomic mass is 32.2. The zero-order chi connectivity index (χ0) is 17.2. The molecule has 1 aromatic rings. The molecule has 4 atom stereocenters. The highest BCUT2D eigenvalue weighted by molar-refractivity contribution is 7.98. The van der Waals surface area contributed by atoms with Crippen LogP contribution < -0.4 is 10.6 Å². The van der Waals surface area contributed by atoms with Crippen LogP contribution in [0.4, 0.5) is 4.79 Å². The average Bonchev–Trinajstić information content (AvgIpc) is 3.29. The fraction of sp³-hybridized carbons (Fsp3) is 0.650. The van der Waals surface area contributed by atoms with Gasteiger partial charge >= 0.3 is 6.03 Å². The van der Waals surface area contributed by atoms with Gasteiger partial charge in [-0.15, -0.1) is 0 Å². The Kier molecular flexibility index (Phi) is 5.23. The molecule has 2 bridgehead atoms. The molecule has 2 N–H and O–H groups in total. The molecule has 0 unspecified atom stereocenters. The highest BCUT2D eigenvalue weighted by Gasteiger charge is 2.56. The van der Waals surface area contributed by atoms with Crippen LogP contribution in [0.2, 0.25) is 0 Å². The van der Waals surface area contributed by atoms with Gasteiger partial charge in [0.1, 0.15) is 0 Å². The fourth-order valence-electron chi connectivity index (χ4n) is 5.02. The molecule has 3 aliphatic rings. The van der Waals surface area contributed by atoms with E-state index in [1.54, 1.807) is 0 Å². The van der Waals surface area contributed by atoms with E-state index in [9.17, 15) is 4.79 Å². The van der Waals surface area contributed by atoms with Crippen molar-refractivity contribution in [2.24, 2.45) is 11.8 Å². The monoisotopic (exact) mass is 359 g/mol. The lowest BCUT2D eigenvalue weighted by Gasteiger charge is -2.25. The maximum atomic E-state index is 12.6. The van der Waals surface area contributed by atoms with Crippen LogP contribution in [-0.2, 0) is 5.75 Å². The number of nitrogens with zero attached hydrogens (tertiary/aromatic N) is 1. The van der Waals surface area contributed by atoms with Gasteiger partial charge < -0.3 is 15.5 Å². The van der Waals surface area contributed by atoms with Gasteiger partial charge in [0.15, 0.2) is 0 Å². The molecule has 0 aromatic heterocycles. The predicted octanol–water partition coefficient (Wildman–Crippen LogP) is 3.01. The van der Waals surface area contributed by atoms with E-state index < -0.39 is 0 Å². The summed E-state index contributed by atoms with van der Waals surface area (Å²) in [6.07, 6.45) is 3.44. The van der Waals surface area contributed by atoms with Gasteiger partial charge in [-0.1, -0.05) is 29.8 Å². The molecule has 0 spiro atoms. The van der Waals surface area contributed by atoms with Crippen molar-refractivity contribution in [3.8, 4) is 0 Å². The quantitative estimate of drug-likeness (QED) is 0.768. The Bertz CT molecular complexity index is 605. The van der Waals surface area contributed by atoms with Crippen molar-refractivity contribution in [3.63, 3.8) is 0 Å². The number of amides is 2. The van der Waals surface area contributed by atoms with Gasteiger partial charge in [-0.25, -0.2) is 4.79 Å². The van der Waals surface area contributed by atoms with E-state index >= 15 is 0 Å². The number of urea groups is 1. The zero-order valence-corrected chi connectivity index (χ0v) is 15.9. The largest absolute Gasteiger partial charge is 0.338 e. The average molecular weight is 360 g/mol. The van der Waals surface area contributed by atoms with E-state index in [4.69, 9.17) is 0 Å². The van der Waals surface area contributed by atoms with Crippen molar-refractivity contribution >= 4 is 17.8 Å². The first-order valence-corrected chi connectivity index (χ1v) is 10.8.